The van der Waals surface area contributed by atoms with Gasteiger partial charge in [-0.2, -0.15) is 0 Å². The third kappa shape index (κ3) is 3.26. The zero-order valence-corrected chi connectivity index (χ0v) is 14.2. The fourth-order valence-electron chi connectivity index (χ4n) is 2.66. The Morgan fingerprint density at radius 2 is 2.27 bits per heavy atom. The van der Waals surface area contributed by atoms with Crippen LogP contribution < -0.4 is 5.32 Å². The van der Waals surface area contributed by atoms with Gasteiger partial charge in [-0.15, -0.1) is 10.2 Å². The van der Waals surface area contributed by atoms with E-state index in [4.69, 9.17) is 11.6 Å². The zero-order valence-electron chi connectivity index (χ0n) is 12.7. The number of piperidine rings is 1. The minimum Gasteiger partial charge on any atom is -0.316 e. The van der Waals surface area contributed by atoms with Gasteiger partial charge in [0.2, 0.25) is 0 Å². The van der Waals surface area contributed by atoms with Gasteiger partial charge in [0.05, 0.1) is 11.2 Å². The average molecular weight is 339 g/mol. The molecule has 1 atom stereocenters. The lowest BCUT2D eigenvalue weighted by atomic mass is 9.98. The van der Waals surface area contributed by atoms with Crippen LogP contribution in [0.15, 0.2) is 22.7 Å². The van der Waals surface area contributed by atoms with Crippen molar-refractivity contribution in [3.8, 4) is 0 Å². The lowest BCUT2D eigenvalue weighted by Gasteiger charge is -2.24. The highest BCUT2D eigenvalue weighted by molar-refractivity contribution is 7.99. The van der Waals surface area contributed by atoms with Crippen molar-refractivity contribution in [3.05, 3.63) is 23.4 Å². The number of halogens is 1. The van der Waals surface area contributed by atoms with Gasteiger partial charge in [0.15, 0.2) is 5.16 Å². The van der Waals surface area contributed by atoms with Crippen molar-refractivity contribution < 1.29 is 0 Å². The van der Waals surface area contributed by atoms with Crippen LogP contribution in [0.4, 0.5) is 0 Å². The molecule has 0 aromatic carbocycles. The predicted octanol–water partition coefficient (Wildman–Crippen LogP) is 2.92. The highest BCUT2D eigenvalue weighted by Crippen LogP contribution is 2.34. The molecule has 3 heterocycles. The van der Waals surface area contributed by atoms with Crippen molar-refractivity contribution in [2.24, 2.45) is 0 Å². The summed E-state index contributed by atoms with van der Waals surface area (Å²) in [7, 11) is 0. The van der Waals surface area contributed by atoms with Crippen molar-refractivity contribution in [1.82, 2.24) is 30.0 Å². The molecule has 0 spiro atoms. The van der Waals surface area contributed by atoms with Crippen LogP contribution in [0.1, 0.15) is 44.5 Å². The third-order valence-corrected chi connectivity index (χ3v) is 5.06. The second-order valence-corrected chi connectivity index (χ2v) is 6.99. The first-order valence-electron chi connectivity index (χ1n) is 7.45. The molecule has 0 amide bonds. The maximum Gasteiger partial charge on any atom is 0.197 e. The molecule has 2 aromatic heterocycles. The highest BCUT2D eigenvalue weighted by atomic mass is 35.5. The number of aromatic nitrogens is 5. The summed E-state index contributed by atoms with van der Waals surface area (Å²) in [5, 5.41) is 14.3. The molecular weight excluding hydrogens is 320 g/mol. The van der Waals surface area contributed by atoms with E-state index in [2.05, 4.69) is 43.9 Å². The first-order chi connectivity index (χ1) is 10.7. The number of hydrogen-bond donors (Lipinski definition) is 1. The molecule has 6 nitrogen and oxygen atoms in total. The summed E-state index contributed by atoms with van der Waals surface area (Å²) in [6, 6.07) is 0.287. The molecule has 1 aliphatic heterocycles. The van der Waals surface area contributed by atoms with Gasteiger partial charge in [-0.1, -0.05) is 11.6 Å². The monoisotopic (exact) mass is 338 g/mol. The molecule has 0 saturated carbocycles. The molecule has 8 heteroatoms. The Morgan fingerprint density at radius 1 is 1.41 bits per heavy atom. The molecule has 0 aliphatic carbocycles. The maximum absolute atomic E-state index is 6.15. The fourth-order valence-corrected chi connectivity index (χ4v) is 3.79. The summed E-state index contributed by atoms with van der Waals surface area (Å²) in [6.45, 7) is 6.35. The lowest BCUT2D eigenvalue weighted by molar-refractivity contribution is 0.414. The van der Waals surface area contributed by atoms with Crippen LogP contribution in [-0.2, 0) is 0 Å². The van der Waals surface area contributed by atoms with Crippen LogP contribution in [0.2, 0.25) is 5.02 Å². The van der Waals surface area contributed by atoms with E-state index in [9.17, 15) is 0 Å². The first kappa shape index (κ1) is 15.7. The molecule has 0 bridgehead atoms. The summed E-state index contributed by atoms with van der Waals surface area (Å²) in [5.41, 5.74) is 0. The summed E-state index contributed by atoms with van der Waals surface area (Å²) in [4.78, 5) is 8.14. The van der Waals surface area contributed by atoms with E-state index in [0.717, 1.165) is 30.5 Å². The van der Waals surface area contributed by atoms with Gasteiger partial charge in [0.1, 0.15) is 17.2 Å². The molecule has 2 aromatic rings. The van der Waals surface area contributed by atoms with Crippen LogP contribution in [0.3, 0.4) is 0 Å². The minimum atomic E-state index is 0.287. The van der Waals surface area contributed by atoms with Gasteiger partial charge in [-0.05, 0) is 45.0 Å². The SMILES string of the molecule is CC(C)n1c(Sc2ncncc2Cl)nnc1C1CCCNC1. The number of hydrogen-bond acceptors (Lipinski definition) is 6. The van der Waals surface area contributed by atoms with Gasteiger partial charge >= 0.3 is 0 Å². The molecule has 0 radical (unpaired) electrons. The van der Waals surface area contributed by atoms with Crippen molar-refractivity contribution in [2.75, 3.05) is 13.1 Å². The van der Waals surface area contributed by atoms with Crippen LogP contribution in [0, 0.1) is 0 Å². The van der Waals surface area contributed by atoms with E-state index < -0.39 is 0 Å². The number of nitrogens with zero attached hydrogens (tertiary/aromatic N) is 5. The Labute approximate surface area is 139 Å². The Balaban J connectivity index is 1.91. The molecule has 1 fully saturated rings. The lowest BCUT2D eigenvalue weighted by Crippen LogP contribution is -2.30. The normalized spacial score (nSPS) is 18.8. The summed E-state index contributed by atoms with van der Waals surface area (Å²) >= 11 is 7.59. The Morgan fingerprint density at radius 3 is 2.95 bits per heavy atom. The first-order valence-corrected chi connectivity index (χ1v) is 8.65. The molecule has 1 saturated heterocycles. The van der Waals surface area contributed by atoms with Gasteiger partial charge in [0, 0.05) is 18.5 Å². The second-order valence-electron chi connectivity index (χ2n) is 5.63. The number of rotatable bonds is 4. The van der Waals surface area contributed by atoms with E-state index in [0.29, 0.717) is 16.0 Å². The molecule has 22 heavy (non-hydrogen) atoms. The summed E-state index contributed by atoms with van der Waals surface area (Å²) in [6.07, 6.45) is 5.42. The topological polar surface area (TPSA) is 68.5 Å². The largest absolute Gasteiger partial charge is 0.316 e. The van der Waals surface area contributed by atoms with E-state index in [1.807, 2.05) is 0 Å². The van der Waals surface area contributed by atoms with Crippen molar-refractivity contribution >= 4 is 23.4 Å². The van der Waals surface area contributed by atoms with Crippen molar-refractivity contribution in [2.45, 2.75) is 48.8 Å². The molecule has 1 N–H and O–H groups in total. The van der Waals surface area contributed by atoms with Crippen LogP contribution in [-0.4, -0.2) is 37.8 Å². The quantitative estimate of drug-likeness (QED) is 0.864. The molecular formula is C14H19ClN6S. The molecule has 118 valence electrons. The van der Waals surface area contributed by atoms with Gasteiger partial charge in [-0.3, -0.25) is 0 Å². The predicted molar refractivity (Wildman–Crippen MR) is 86.4 cm³/mol. The van der Waals surface area contributed by atoms with Crippen LogP contribution in [0.25, 0.3) is 0 Å². The van der Waals surface area contributed by atoms with E-state index >= 15 is 0 Å². The summed E-state index contributed by atoms with van der Waals surface area (Å²) in [5.74, 6) is 1.47. The standard InChI is InChI=1S/C14H19ClN6S/c1-9(2)21-12(10-4-3-5-16-6-10)19-20-14(21)22-13-11(15)7-17-8-18-13/h7-10,16H,3-6H2,1-2H3. The molecule has 1 unspecified atom stereocenters. The highest BCUT2D eigenvalue weighted by Gasteiger charge is 2.25. The Kier molecular flexibility index (Phi) is 4.95. The smallest absolute Gasteiger partial charge is 0.197 e. The van der Waals surface area contributed by atoms with Crippen LogP contribution in [0.5, 0.6) is 0 Å². The summed E-state index contributed by atoms with van der Waals surface area (Å²) < 4.78 is 2.20. The number of nitrogens with one attached hydrogen (secondary N) is 1. The zero-order chi connectivity index (χ0) is 15.5. The van der Waals surface area contributed by atoms with Gasteiger partial charge in [0.25, 0.3) is 0 Å². The van der Waals surface area contributed by atoms with E-state index in [1.54, 1.807) is 6.20 Å². The molecule has 1 aliphatic rings. The Hall–Kier alpha value is -1.18. The second kappa shape index (κ2) is 6.93. The third-order valence-electron chi connectivity index (χ3n) is 3.69. The maximum atomic E-state index is 6.15. The minimum absolute atomic E-state index is 0.287. The van der Waals surface area contributed by atoms with Gasteiger partial charge in [-0.25, -0.2) is 9.97 Å². The van der Waals surface area contributed by atoms with E-state index in [1.165, 1.54) is 24.5 Å². The average Bonchev–Trinajstić information content (AvgIpc) is 2.94. The van der Waals surface area contributed by atoms with E-state index in [-0.39, 0.29) is 6.04 Å². The van der Waals surface area contributed by atoms with Crippen molar-refractivity contribution in [1.29, 1.82) is 0 Å². The fraction of sp³-hybridized carbons (Fsp3) is 0.571. The van der Waals surface area contributed by atoms with Gasteiger partial charge < -0.3 is 9.88 Å². The van der Waals surface area contributed by atoms with Crippen molar-refractivity contribution in [3.63, 3.8) is 0 Å². The molecule has 3 rings (SSSR count). The Bertz CT molecular complexity index is 638. The van der Waals surface area contributed by atoms with Crippen LogP contribution >= 0.6 is 23.4 Å².